The van der Waals surface area contributed by atoms with Crippen molar-refractivity contribution < 1.29 is 23.8 Å². The molecule has 1 amide bonds. The van der Waals surface area contributed by atoms with Crippen molar-refractivity contribution in [2.75, 3.05) is 19.7 Å². The molecule has 0 spiro atoms. The highest BCUT2D eigenvalue weighted by atomic mass is 32.2. The van der Waals surface area contributed by atoms with Crippen molar-refractivity contribution in [3.05, 3.63) is 47.3 Å². The third kappa shape index (κ3) is 4.46. The van der Waals surface area contributed by atoms with Gasteiger partial charge in [-0.3, -0.25) is 9.59 Å². The second kappa shape index (κ2) is 8.71. The second-order valence-corrected chi connectivity index (χ2v) is 8.31. The number of thiazole rings is 1. The van der Waals surface area contributed by atoms with Gasteiger partial charge >= 0.3 is 5.97 Å². The molecule has 3 aromatic rings. The second-order valence-electron chi connectivity index (χ2n) is 6.14. The van der Waals surface area contributed by atoms with E-state index in [0.717, 1.165) is 15.1 Å². The van der Waals surface area contributed by atoms with Gasteiger partial charge in [0.25, 0.3) is 0 Å². The van der Waals surface area contributed by atoms with Crippen molar-refractivity contribution in [3.8, 4) is 11.5 Å². The highest BCUT2D eigenvalue weighted by Crippen LogP contribution is 2.37. The van der Waals surface area contributed by atoms with Gasteiger partial charge in [-0.15, -0.1) is 11.8 Å². The largest absolute Gasteiger partial charge is 0.468 e. The predicted molar refractivity (Wildman–Crippen MR) is 110 cm³/mol. The zero-order chi connectivity index (χ0) is 20.2. The molecule has 1 aliphatic rings. The highest BCUT2D eigenvalue weighted by Gasteiger charge is 2.19. The number of carbonyl (C=O) groups excluding carboxylic acids is 2. The first-order valence-electron chi connectivity index (χ1n) is 8.89. The average Bonchev–Trinajstić information content (AvgIpc) is 3.31. The summed E-state index contributed by atoms with van der Waals surface area (Å²) >= 11 is 2.93. The molecule has 0 saturated heterocycles. The smallest absolute Gasteiger partial charge is 0.325 e. The monoisotopic (exact) mass is 430 g/mol. The van der Waals surface area contributed by atoms with Crippen LogP contribution in [0.15, 0.2) is 52.4 Å². The lowest BCUT2D eigenvalue weighted by molar-refractivity contribution is -0.141. The molecule has 7 nitrogen and oxygen atoms in total. The minimum atomic E-state index is -0.420. The third-order valence-corrected chi connectivity index (χ3v) is 6.30. The van der Waals surface area contributed by atoms with Crippen LogP contribution >= 0.6 is 23.1 Å². The van der Waals surface area contributed by atoms with E-state index >= 15 is 0 Å². The average molecular weight is 431 g/mol. The molecule has 0 fully saturated rings. The van der Waals surface area contributed by atoms with Crippen LogP contribution in [0, 0.1) is 0 Å². The molecule has 150 valence electrons. The van der Waals surface area contributed by atoms with Crippen LogP contribution in [0.4, 0.5) is 0 Å². The summed E-state index contributed by atoms with van der Waals surface area (Å²) in [6.45, 7) is 0.124. The van der Waals surface area contributed by atoms with Crippen molar-refractivity contribution in [2.24, 2.45) is 4.99 Å². The van der Waals surface area contributed by atoms with Gasteiger partial charge in [-0.25, -0.2) is 0 Å². The number of nitrogens with zero attached hydrogens (tertiary/aromatic N) is 2. The molecule has 1 aliphatic heterocycles. The van der Waals surface area contributed by atoms with E-state index in [0.29, 0.717) is 28.5 Å². The van der Waals surface area contributed by atoms with Crippen molar-refractivity contribution in [1.29, 1.82) is 0 Å². The Kier molecular flexibility index (Phi) is 5.86. The summed E-state index contributed by atoms with van der Waals surface area (Å²) in [6, 6.07) is 13.5. The summed E-state index contributed by atoms with van der Waals surface area (Å²) in [5, 5.41) is 0. The van der Waals surface area contributed by atoms with E-state index in [1.54, 1.807) is 22.4 Å². The minimum Gasteiger partial charge on any atom is -0.468 e. The number of carbonyl (C=O) groups is 2. The molecule has 4 rings (SSSR count). The maximum atomic E-state index is 12.4. The van der Waals surface area contributed by atoms with Crippen molar-refractivity contribution in [2.45, 2.75) is 17.9 Å². The number of rotatable bonds is 6. The van der Waals surface area contributed by atoms with E-state index in [1.165, 1.54) is 18.4 Å². The molecule has 9 heteroatoms. The van der Waals surface area contributed by atoms with Gasteiger partial charge in [-0.05, 0) is 12.1 Å². The predicted octanol–water partition coefficient (Wildman–Crippen LogP) is 3.21. The molecule has 2 heterocycles. The van der Waals surface area contributed by atoms with Crippen LogP contribution in [-0.4, -0.2) is 36.1 Å². The summed E-state index contributed by atoms with van der Waals surface area (Å²) in [5.41, 5.74) is 0.745. The summed E-state index contributed by atoms with van der Waals surface area (Å²) in [6.07, 6.45) is 0.300. The van der Waals surface area contributed by atoms with Crippen LogP contribution in [0.3, 0.4) is 0 Å². The van der Waals surface area contributed by atoms with E-state index in [-0.39, 0.29) is 19.2 Å². The van der Waals surface area contributed by atoms with Crippen molar-refractivity contribution >= 4 is 45.2 Å². The lowest BCUT2D eigenvalue weighted by atomic mass is 10.3. The van der Waals surface area contributed by atoms with Gasteiger partial charge in [-0.1, -0.05) is 29.5 Å². The number of fused-ring (bicyclic) bond motifs is 2. The van der Waals surface area contributed by atoms with E-state index in [9.17, 15) is 9.59 Å². The van der Waals surface area contributed by atoms with E-state index in [1.807, 2.05) is 36.4 Å². The number of methoxy groups -OCH3 is 1. The van der Waals surface area contributed by atoms with Crippen molar-refractivity contribution in [3.63, 3.8) is 0 Å². The number of amides is 1. The van der Waals surface area contributed by atoms with Crippen LogP contribution in [0.5, 0.6) is 11.5 Å². The highest BCUT2D eigenvalue weighted by molar-refractivity contribution is 7.99. The normalized spacial score (nSPS) is 13.1. The van der Waals surface area contributed by atoms with E-state index < -0.39 is 5.97 Å². The van der Waals surface area contributed by atoms with Gasteiger partial charge in [0.2, 0.25) is 12.7 Å². The Morgan fingerprint density at radius 2 is 1.97 bits per heavy atom. The van der Waals surface area contributed by atoms with Crippen LogP contribution < -0.4 is 14.3 Å². The fraction of sp³-hybridized carbons (Fsp3) is 0.250. The zero-order valence-corrected chi connectivity index (χ0v) is 17.3. The molecule has 0 N–H and O–H groups in total. The van der Waals surface area contributed by atoms with Gasteiger partial charge in [-0.2, -0.15) is 4.99 Å². The fourth-order valence-electron chi connectivity index (χ4n) is 2.83. The Hall–Kier alpha value is -2.78. The molecule has 2 aromatic carbocycles. The number of benzene rings is 2. The van der Waals surface area contributed by atoms with Gasteiger partial charge < -0.3 is 18.8 Å². The standard InChI is InChI=1S/C20H18N2O5S2/c1-25-19(24)11-22-14-9-15-16(27-12-26-15)10-17(14)29-20(22)21-18(23)7-8-28-13-5-3-2-4-6-13/h2-6,9-10H,7-8,11-12H2,1H3. The Labute approximate surface area is 174 Å². The molecule has 0 radical (unpaired) electrons. The van der Waals surface area contributed by atoms with Gasteiger partial charge in [0.05, 0.1) is 17.3 Å². The molecule has 0 aliphatic carbocycles. The van der Waals surface area contributed by atoms with Crippen molar-refractivity contribution in [1.82, 2.24) is 4.57 Å². The Morgan fingerprint density at radius 1 is 1.21 bits per heavy atom. The Morgan fingerprint density at radius 3 is 2.72 bits per heavy atom. The van der Waals surface area contributed by atoms with Crippen LogP contribution in [-0.2, 0) is 20.9 Å². The summed E-state index contributed by atoms with van der Waals surface area (Å²) in [5.74, 6) is 1.21. The number of aromatic nitrogens is 1. The Bertz CT molecular complexity index is 1120. The maximum Gasteiger partial charge on any atom is 0.325 e. The van der Waals surface area contributed by atoms with Crippen LogP contribution in [0.2, 0.25) is 0 Å². The zero-order valence-electron chi connectivity index (χ0n) is 15.6. The number of esters is 1. The number of thioether (sulfide) groups is 1. The third-order valence-electron chi connectivity index (χ3n) is 4.24. The lowest BCUT2D eigenvalue weighted by Crippen LogP contribution is -2.22. The topological polar surface area (TPSA) is 79.1 Å². The molecule has 1 aromatic heterocycles. The first-order chi connectivity index (χ1) is 14.1. The number of ether oxygens (including phenoxy) is 3. The molecule has 0 unspecified atom stereocenters. The fourth-order valence-corrected chi connectivity index (χ4v) is 4.75. The maximum absolute atomic E-state index is 12.4. The number of hydrogen-bond acceptors (Lipinski definition) is 7. The summed E-state index contributed by atoms with van der Waals surface area (Å²) in [4.78, 5) is 30.1. The SMILES string of the molecule is COC(=O)Cn1c(=NC(=O)CCSc2ccccc2)sc2cc3c(cc21)OCO3. The first kappa shape index (κ1) is 19.5. The van der Waals surface area contributed by atoms with Gasteiger partial charge in [0.1, 0.15) is 6.54 Å². The molecule has 0 saturated carbocycles. The Balaban J connectivity index is 1.59. The van der Waals surface area contributed by atoms with Gasteiger partial charge in [0.15, 0.2) is 16.3 Å². The van der Waals surface area contributed by atoms with E-state index in [2.05, 4.69) is 4.99 Å². The minimum absolute atomic E-state index is 0.0407. The summed E-state index contributed by atoms with van der Waals surface area (Å²) < 4.78 is 18.2. The molecule has 0 atom stereocenters. The number of hydrogen-bond donors (Lipinski definition) is 0. The van der Waals surface area contributed by atoms with E-state index in [4.69, 9.17) is 14.2 Å². The quantitative estimate of drug-likeness (QED) is 0.441. The molecular weight excluding hydrogens is 412 g/mol. The molecule has 0 bridgehead atoms. The molecule has 29 heavy (non-hydrogen) atoms. The summed E-state index contributed by atoms with van der Waals surface area (Å²) in [7, 11) is 1.33. The van der Waals surface area contributed by atoms with Crippen LogP contribution in [0.25, 0.3) is 10.2 Å². The van der Waals surface area contributed by atoms with Gasteiger partial charge in [0, 0.05) is 29.2 Å². The first-order valence-corrected chi connectivity index (χ1v) is 10.7. The lowest BCUT2D eigenvalue weighted by Gasteiger charge is -2.04. The van der Waals surface area contributed by atoms with Crippen LogP contribution in [0.1, 0.15) is 6.42 Å². The molecular formula is C20H18N2O5S2.